The summed E-state index contributed by atoms with van der Waals surface area (Å²) in [5.41, 5.74) is 1.15. The largest absolute Gasteiger partial charge is 0.493 e. The fourth-order valence-electron chi connectivity index (χ4n) is 2.24. The summed E-state index contributed by atoms with van der Waals surface area (Å²) in [5, 5.41) is 0. The van der Waals surface area contributed by atoms with Crippen LogP contribution in [0.2, 0.25) is 0 Å². The molecule has 0 N–H and O–H groups in total. The molecule has 0 unspecified atom stereocenters. The quantitative estimate of drug-likeness (QED) is 0.832. The first-order chi connectivity index (χ1) is 9.28. The van der Waals surface area contributed by atoms with Gasteiger partial charge in [0.25, 0.3) is 0 Å². The van der Waals surface area contributed by atoms with E-state index in [2.05, 4.69) is 4.90 Å². The van der Waals surface area contributed by atoms with Gasteiger partial charge in [-0.05, 0) is 17.7 Å². The van der Waals surface area contributed by atoms with Crippen molar-refractivity contribution in [3.8, 4) is 17.2 Å². The van der Waals surface area contributed by atoms with Gasteiger partial charge in [0, 0.05) is 19.6 Å². The Kier molecular flexibility index (Phi) is 6.91. The van der Waals surface area contributed by atoms with Crippen LogP contribution in [0.3, 0.4) is 0 Å². The molecule has 0 radical (unpaired) electrons. The Bertz CT molecular complexity index is 397. The van der Waals surface area contributed by atoms with E-state index in [4.69, 9.17) is 18.9 Å². The van der Waals surface area contributed by atoms with Crippen molar-refractivity contribution in [3.05, 3.63) is 17.7 Å². The number of methoxy groups -OCH3 is 3. The van der Waals surface area contributed by atoms with Crippen LogP contribution in [0.4, 0.5) is 0 Å². The highest BCUT2D eigenvalue weighted by Crippen LogP contribution is 2.38. The molecule has 0 spiro atoms. The third-order valence-corrected chi connectivity index (χ3v) is 3.23. The third-order valence-electron chi connectivity index (χ3n) is 3.23. The Labute approximate surface area is 126 Å². The van der Waals surface area contributed by atoms with E-state index in [0.717, 1.165) is 38.4 Å². The van der Waals surface area contributed by atoms with E-state index in [1.165, 1.54) is 0 Å². The van der Waals surface area contributed by atoms with Crippen molar-refractivity contribution in [3.63, 3.8) is 0 Å². The molecular weight excluding hydrogens is 282 g/mol. The molecule has 1 saturated heterocycles. The van der Waals surface area contributed by atoms with Crippen molar-refractivity contribution in [1.29, 1.82) is 0 Å². The summed E-state index contributed by atoms with van der Waals surface area (Å²) in [6, 6.07) is 3.99. The van der Waals surface area contributed by atoms with Gasteiger partial charge in [-0.15, -0.1) is 12.4 Å². The van der Waals surface area contributed by atoms with Gasteiger partial charge in [-0.1, -0.05) is 0 Å². The molecule has 0 aliphatic carbocycles. The van der Waals surface area contributed by atoms with Crippen LogP contribution in [-0.2, 0) is 11.3 Å². The smallest absolute Gasteiger partial charge is 0.203 e. The van der Waals surface area contributed by atoms with Gasteiger partial charge in [-0.3, -0.25) is 4.90 Å². The highest BCUT2D eigenvalue weighted by molar-refractivity contribution is 5.85. The highest BCUT2D eigenvalue weighted by atomic mass is 35.5. The molecule has 1 aliphatic heterocycles. The second-order valence-corrected chi connectivity index (χ2v) is 4.42. The number of halogens is 1. The SMILES string of the molecule is COc1cc(CN2CCOCC2)cc(OC)c1OC.Cl. The molecule has 5 nitrogen and oxygen atoms in total. The minimum absolute atomic E-state index is 0. The number of hydrogen-bond acceptors (Lipinski definition) is 5. The third kappa shape index (κ3) is 3.91. The van der Waals surface area contributed by atoms with Crippen LogP contribution in [0.1, 0.15) is 5.56 Å². The molecule has 114 valence electrons. The number of hydrogen-bond donors (Lipinski definition) is 0. The van der Waals surface area contributed by atoms with Crippen molar-refractivity contribution in [2.24, 2.45) is 0 Å². The summed E-state index contributed by atoms with van der Waals surface area (Å²) >= 11 is 0. The minimum atomic E-state index is 0. The Morgan fingerprint density at radius 2 is 1.55 bits per heavy atom. The Hall–Kier alpha value is -1.17. The van der Waals surface area contributed by atoms with Gasteiger partial charge < -0.3 is 18.9 Å². The lowest BCUT2D eigenvalue weighted by Gasteiger charge is -2.27. The fraction of sp³-hybridized carbons (Fsp3) is 0.571. The Morgan fingerprint density at radius 3 is 2.00 bits per heavy atom. The molecule has 6 heteroatoms. The lowest BCUT2D eigenvalue weighted by molar-refractivity contribution is 0.0341. The second kappa shape index (κ2) is 8.19. The average molecular weight is 304 g/mol. The first kappa shape index (κ1) is 16.9. The molecule has 0 bridgehead atoms. The molecule has 2 rings (SSSR count). The van der Waals surface area contributed by atoms with Crippen LogP contribution >= 0.6 is 12.4 Å². The number of rotatable bonds is 5. The van der Waals surface area contributed by atoms with Crippen LogP contribution < -0.4 is 14.2 Å². The number of nitrogens with zero attached hydrogens (tertiary/aromatic N) is 1. The van der Waals surface area contributed by atoms with Crippen molar-refractivity contribution in [2.75, 3.05) is 47.6 Å². The predicted molar refractivity (Wildman–Crippen MR) is 79.4 cm³/mol. The molecule has 1 aromatic carbocycles. The van der Waals surface area contributed by atoms with E-state index in [9.17, 15) is 0 Å². The molecule has 0 saturated carbocycles. The predicted octanol–water partition coefficient (Wildman–Crippen LogP) is 1.97. The van der Waals surface area contributed by atoms with E-state index in [1.54, 1.807) is 21.3 Å². The van der Waals surface area contributed by atoms with E-state index in [1.807, 2.05) is 12.1 Å². The molecule has 0 aromatic heterocycles. The summed E-state index contributed by atoms with van der Waals surface area (Å²) in [7, 11) is 4.88. The summed E-state index contributed by atoms with van der Waals surface area (Å²) in [6.07, 6.45) is 0. The molecule has 1 fully saturated rings. The summed E-state index contributed by atoms with van der Waals surface area (Å²) in [5.74, 6) is 2.03. The highest BCUT2D eigenvalue weighted by Gasteiger charge is 2.16. The topological polar surface area (TPSA) is 40.2 Å². The number of ether oxygens (including phenoxy) is 4. The van der Waals surface area contributed by atoms with Crippen molar-refractivity contribution in [1.82, 2.24) is 4.90 Å². The Balaban J connectivity index is 0.00000200. The van der Waals surface area contributed by atoms with Crippen LogP contribution in [0, 0.1) is 0 Å². The minimum Gasteiger partial charge on any atom is -0.493 e. The van der Waals surface area contributed by atoms with E-state index < -0.39 is 0 Å². The molecular formula is C14H22ClNO4. The van der Waals surface area contributed by atoms with Gasteiger partial charge >= 0.3 is 0 Å². The molecule has 1 aliphatic rings. The number of morpholine rings is 1. The molecule has 1 heterocycles. The van der Waals surface area contributed by atoms with Gasteiger partial charge in [-0.2, -0.15) is 0 Å². The summed E-state index contributed by atoms with van der Waals surface area (Å²) in [6.45, 7) is 4.36. The standard InChI is InChI=1S/C14H21NO4.ClH/c1-16-12-8-11(9-13(17-2)14(12)18-3)10-15-4-6-19-7-5-15;/h8-9H,4-7,10H2,1-3H3;1H. The van der Waals surface area contributed by atoms with Crippen LogP contribution in [0.25, 0.3) is 0 Å². The van der Waals surface area contributed by atoms with Crippen LogP contribution in [-0.4, -0.2) is 52.5 Å². The molecule has 0 atom stereocenters. The van der Waals surface area contributed by atoms with Gasteiger partial charge in [0.1, 0.15) is 0 Å². The molecule has 1 aromatic rings. The zero-order valence-electron chi connectivity index (χ0n) is 12.2. The van der Waals surface area contributed by atoms with Crippen molar-refractivity contribution < 1.29 is 18.9 Å². The van der Waals surface area contributed by atoms with Crippen LogP contribution in [0.5, 0.6) is 17.2 Å². The summed E-state index contributed by atoms with van der Waals surface area (Å²) < 4.78 is 21.4. The molecule has 20 heavy (non-hydrogen) atoms. The van der Waals surface area contributed by atoms with E-state index >= 15 is 0 Å². The van der Waals surface area contributed by atoms with Gasteiger partial charge in [0.05, 0.1) is 34.5 Å². The van der Waals surface area contributed by atoms with Crippen LogP contribution in [0.15, 0.2) is 12.1 Å². The van der Waals surface area contributed by atoms with Crippen molar-refractivity contribution >= 4 is 12.4 Å². The fourth-order valence-corrected chi connectivity index (χ4v) is 2.24. The number of benzene rings is 1. The normalized spacial score (nSPS) is 15.3. The van der Waals surface area contributed by atoms with Gasteiger partial charge in [-0.25, -0.2) is 0 Å². The second-order valence-electron chi connectivity index (χ2n) is 4.42. The lowest BCUT2D eigenvalue weighted by Crippen LogP contribution is -2.35. The lowest BCUT2D eigenvalue weighted by atomic mass is 10.1. The summed E-state index contributed by atoms with van der Waals surface area (Å²) in [4.78, 5) is 2.35. The van der Waals surface area contributed by atoms with E-state index in [-0.39, 0.29) is 12.4 Å². The first-order valence-corrected chi connectivity index (χ1v) is 6.37. The van der Waals surface area contributed by atoms with Crippen molar-refractivity contribution in [2.45, 2.75) is 6.54 Å². The molecule has 0 amide bonds. The first-order valence-electron chi connectivity index (χ1n) is 6.37. The maximum atomic E-state index is 5.36. The maximum absolute atomic E-state index is 5.36. The van der Waals surface area contributed by atoms with Gasteiger partial charge in [0.2, 0.25) is 5.75 Å². The Morgan fingerprint density at radius 1 is 1.00 bits per heavy atom. The van der Waals surface area contributed by atoms with Gasteiger partial charge in [0.15, 0.2) is 11.5 Å². The van der Waals surface area contributed by atoms with E-state index in [0.29, 0.717) is 17.2 Å². The maximum Gasteiger partial charge on any atom is 0.203 e. The zero-order chi connectivity index (χ0) is 13.7. The zero-order valence-corrected chi connectivity index (χ0v) is 13.0. The average Bonchev–Trinajstić information content (AvgIpc) is 2.47. The monoisotopic (exact) mass is 303 g/mol.